The van der Waals surface area contributed by atoms with Crippen LogP contribution in [0.1, 0.15) is 15.9 Å². The molecule has 0 aliphatic rings. The van der Waals surface area contributed by atoms with Crippen LogP contribution in [0.3, 0.4) is 0 Å². The SMILES string of the molecule is COc1cc(C(=O)N(C)CCOc2cccc(C)c2)cc(OC)c1Br. The zero-order valence-corrected chi connectivity index (χ0v) is 16.4. The first-order valence-electron chi connectivity index (χ1n) is 7.82. The van der Waals surface area contributed by atoms with Gasteiger partial charge in [-0.15, -0.1) is 0 Å². The molecule has 0 saturated carbocycles. The van der Waals surface area contributed by atoms with E-state index in [1.54, 1.807) is 38.3 Å². The Morgan fingerprint density at radius 3 is 2.32 bits per heavy atom. The Morgan fingerprint density at radius 2 is 1.76 bits per heavy atom. The Hall–Kier alpha value is -2.21. The van der Waals surface area contributed by atoms with Crippen molar-refractivity contribution in [1.29, 1.82) is 0 Å². The maximum atomic E-state index is 12.6. The van der Waals surface area contributed by atoms with E-state index in [1.807, 2.05) is 31.2 Å². The topological polar surface area (TPSA) is 48.0 Å². The molecule has 5 nitrogen and oxygen atoms in total. The van der Waals surface area contributed by atoms with Gasteiger partial charge >= 0.3 is 0 Å². The van der Waals surface area contributed by atoms with Gasteiger partial charge in [0.1, 0.15) is 28.3 Å². The number of likely N-dealkylation sites (N-methyl/N-ethyl adjacent to an activating group) is 1. The Bertz CT molecular complexity index is 723. The molecular formula is C19H22BrNO4. The molecule has 0 bridgehead atoms. The molecule has 0 spiro atoms. The molecule has 0 N–H and O–H groups in total. The number of carbonyl (C=O) groups is 1. The molecule has 0 saturated heterocycles. The molecule has 0 radical (unpaired) electrons. The van der Waals surface area contributed by atoms with Crippen LogP contribution in [-0.4, -0.2) is 45.2 Å². The molecule has 2 aromatic carbocycles. The maximum Gasteiger partial charge on any atom is 0.253 e. The molecular weight excluding hydrogens is 386 g/mol. The monoisotopic (exact) mass is 407 g/mol. The molecule has 0 unspecified atom stereocenters. The summed E-state index contributed by atoms with van der Waals surface area (Å²) in [5, 5.41) is 0. The smallest absolute Gasteiger partial charge is 0.253 e. The highest BCUT2D eigenvalue weighted by molar-refractivity contribution is 9.10. The molecule has 1 amide bonds. The lowest BCUT2D eigenvalue weighted by molar-refractivity contribution is 0.0773. The number of hydrogen-bond donors (Lipinski definition) is 0. The van der Waals surface area contributed by atoms with Crippen LogP contribution in [0.25, 0.3) is 0 Å². The van der Waals surface area contributed by atoms with Gasteiger partial charge in [-0.05, 0) is 52.7 Å². The third-order valence-electron chi connectivity index (χ3n) is 3.72. The van der Waals surface area contributed by atoms with Crippen molar-refractivity contribution in [3.63, 3.8) is 0 Å². The van der Waals surface area contributed by atoms with Gasteiger partial charge in [0.2, 0.25) is 0 Å². The van der Waals surface area contributed by atoms with Gasteiger partial charge in [0.05, 0.1) is 20.8 Å². The minimum absolute atomic E-state index is 0.128. The molecule has 6 heteroatoms. The largest absolute Gasteiger partial charge is 0.495 e. The van der Waals surface area contributed by atoms with E-state index in [2.05, 4.69) is 15.9 Å². The fourth-order valence-corrected chi connectivity index (χ4v) is 2.87. The lowest BCUT2D eigenvalue weighted by Gasteiger charge is -2.19. The fraction of sp³-hybridized carbons (Fsp3) is 0.316. The van der Waals surface area contributed by atoms with Crippen molar-refractivity contribution in [2.45, 2.75) is 6.92 Å². The molecule has 0 atom stereocenters. The first-order chi connectivity index (χ1) is 12.0. The first kappa shape index (κ1) is 19.1. The van der Waals surface area contributed by atoms with Crippen LogP contribution in [0.4, 0.5) is 0 Å². The van der Waals surface area contributed by atoms with Crippen LogP contribution >= 0.6 is 15.9 Å². The van der Waals surface area contributed by atoms with E-state index in [9.17, 15) is 4.79 Å². The second-order valence-electron chi connectivity index (χ2n) is 5.59. The molecule has 0 aliphatic carbocycles. The van der Waals surface area contributed by atoms with Crippen molar-refractivity contribution >= 4 is 21.8 Å². The van der Waals surface area contributed by atoms with Gasteiger partial charge in [-0.3, -0.25) is 4.79 Å². The molecule has 0 fully saturated rings. The second-order valence-corrected chi connectivity index (χ2v) is 6.38. The number of aryl methyl sites for hydroxylation is 1. The second kappa shape index (κ2) is 8.76. The highest BCUT2D eigenvalue weighted by Gasteiger charge is 2.17. The van der Waals surface area contributed by atoms with Crippen LogP contribution in [0, 0.1) is 6.92 Å². The minimum Gasteiger partial charge on any atom is -0.495 e. The van der Waals surface area contributed by atoms with Crippen molar-refractivity contribution in [3.05, 3.63) is 52.0 Å². The van der Waals surface area contributed by atoms with E-state index in [0.29, 0.717) is 34.7 Å². The summed E-state index contributed by atoms with van der Waals surface area (Å²) in [7, 11) is 4.84. The average Bonchev–Trinajstić information content (AvgIpc) is 2.61. The number of ether oxygens (including phenoxy) is 3. The maximum absolute atomic E-state index is 12.6. The summed E-state index contributed by atoms with van der Waals surface area (Å²) in [5.41, 5.74) is 1.63. The van der Waals surface area contributed by atoms with Gasteiger partial charge in [-0.2, -0.15) is 0 Å². The predicted octanol–water partition coefficient (Wildman–Crippen LogP) is 3.93. The van der Waals surface area contributed by atoms with Crippen molar-refractivity contribution in [2.24, 2.45) is 0 Å². The highest BCUT2D eigenvalue weighted by Crippen LogP contribution is 2.35. The minimum atomic E-state index is -0.128. The average molecular weight is 408 g/mol. The number of rotatable bonds is 7. The molecule has 25 heavy (non-hydrogen) atoms. The number of hydrogen-bond acceptors (Lipinski definition) is 4. The van der Waals surface area contributed by atoms with Gasteiger partial charge < -0.3 is 19.1 Å². The number of carbonyl (C=O) groups excluding carboxylic acids is 1. The highest BCUT2D eigenvalue weighted by atomic mass is 79.9. The van der Waals surface area contributed by atoms with E-state index in [0.717, 1.165) is 11.3 Å². The Balaban J connectivity index is 2.02. The molecule has 2 aromatic rings. The third-order valence-corrected chi connectivity index (χ3v) is 4.51. The lowest BCUT2D eigenvalue weighted by Crippen LogP contribution is -2.31. The van der Waals surface area contributed by atoms with Gasteiger partial charge in [0.15, 0.2) is 0 Å². The van der Waals surface area contributed by atoms with Crippen molar-refractivity contribution in [1.82, 2.24) is 4.90 Å². The fourth-order valence-electron chi connectivity index (χ4n) is 2.32. The van der Waals surface area contributed by atoms with Crippen molar-refractivity contribution in [3.8, 4) is 17.2 Å². The Labute approximate surface area is 156 Å². The molecule has 0 heterocycles. The summed E-state index contributed by atoms with van der Waals surface area (Å²) in [6, 6.07) is 11.2. The van der Waals surface area contributed by atoms with E-state index < -0.39 is 0 Å². The van der Waals surface area contributed by atoms with Gasteiger partial charge in [0.25, 0.3) is 5.91 Å². The Morgan fingerprint density at radius 1 is 1.12 bits per heavy atom. The van der Waals surface area contributed by atoms with Crippen LogP contribution < -0.4 is 14.2 Å². The summed E-state index contributed by atoms with van der Waals surface area (Å²) in [6.45, 7) is 2.89. The van der Waals surface area contributed by atoms with E-state index in [1.165, 1.54) is 0 Å². The number of amides is 1. The van der Waals surface area contributed by atoms with E-state index >= 15 is 0 Å². The van der Waals surface area contributed by atoms with Gasteiger partial charge in [-0.1, -0.05) is 12.1 Å². The van der Waals surface area contributed by atoms with Crippen molar-refractivity contribution < 1.29 is 19.0 Å². The van der Waals surface area contributed by atoms with Gasteiger partial charge in [0, 0.05) is 12.6 Å². The molecule has 0 aliphatic heterocycles. The standard InChI is InChI=1S/C19H22BrNO4/c1-13-6-5-7-15(10-13)25-9-8-21(2)19(22)14-11-16(23-3)18(20)17(12-14)24-4/h5-7,10-12H,8-9H2,1-4H3. The van der Waals surface area contributed by atoms with Crippen LogP contribution in [-0.2, 0) is 0 Å². The summed E-state index contributed by atoms with van der Waals surface area (Å²) in [5.74, 6) is 1.77. The van der Waals surface area contributed by atoms with Crippen molar-refractivity contribution in [2.75, 3.05) is 34.4 Å². The number of halogens is 1. The van der Waals surface area contributed by atoms with Crippen LogP contribution in [0.5, 0.6) is 17.2 Å². The third kappa shape index (κ3) is 4.89. The van der Waals surface area contributed by atoms with Crippen LogP contribution in [0.2, 0.25) is 0 Å². The lowest BCUT2D eigenvalue weighted by atomic mass is 10.1. The Kier molecular flexibility index (Phi) is 6.70. The quantitative estimate of drug-likeness (QED) is 0.697. The molecule has 2 rings (SSSR count). The summed E-state index contributed by atoms with van der Waals surface area (Å²) < 4.78 is 17.0. The summed E-state index contributed by atoms with van der Waals surface area (Å²) in [4.78, 5) is 14.2. The summed E-state index contributed by atoms with van der Waals surface area (Å²) >= 11 is 3.40. The van der Waals surface area contributed by atoms with Gasteiger partial charge in [-0.25, -0.2) is 0 Å². The van der Waals surface area contributed by atoms with E-state index in [4.69, 9.17) is 14.2 Å². The summed E-state index contributed by atoms with van der Waals surface area (Å²) in [6.07, 6.45) is 0. The number of benzene rings is 2. The zero-order valence-electron chi connectivity index (χ0n) is 14.8. The predicted molar refractivity (Wildman–Crippen MR) is 101 cm³/mol. The van der Waals surface area contributed by atoms with Crippen LogP contribution in [0.15, 0.2) is 40.9 Å². The molecule has 0 aromatic heterocycles. The van der Waals surface area contributed by atoms with E-state index in [-0.39, 0.29) is 5.91 Å². The first-order valence-corrected chi connectivity index (χ1v) is 8.62. The zero-order chi connectivity index (χ0) is 18.4. The number of methoxy groups -OCH3 is 2. The normalized spacial score (nSPS) is 10.3. The number of nitrogens with zero attached hydrogens (tertiary/aromatic N) is 1. The molecule has 134 valence electrons.